The molecular weight excluding hydrogens is 170 g/mol. The topological polar surface area (TPSA) is 66.8 Å². The van der Waals surface area contributed by atoms with Gasteiger partial charge in [-0.1, -0.05) is 0 Å². The van der Waals surface area contributed by atoms with Crippen LogP contribution < -0.4 is 0 Å². The van der Waals surface area contributed by atoms with E-state index in [1.54, 1.807) is 0 Å². The van der Waals surface area contributed by atoms with Gasteiger partial charge in [-0.15, -0.1) is 0 Å². The molecule has 1 heterocycles. The molecule has 0 aromatic rings. The van der Waals surface area contributed by atoms with Gasteiger partial charge in [-0.25, -0.2) is 0 Å². The minimum absolute atomic E-state index is 0.506. The highest BCUT2D eigenvalue weighted by atomic mass is 32.2. The molecule has 0 aromatic heterocycles. The van der Waals surface area contributed by atoms with E-state index in [4.69, 9.17) is 9.29 Å². The Hall–Kier alpha value is -0.170. The third-order valence-electron chi connectivity index (χ3n) is 1.33. The third-order valence-corrected chi connectivity index (χ3v) is 1.89. The second-order valence-corrected chi connectivity index (χ2v) is 3.51. The minimum Gasteiger partial charge on any atom is -0.379 e. The summed E-state index contributed by atoms with van der Waals surface area (Å²) in [6.45, 7) is 2.04. The lowest BCUT2D eigenvalue weighted by molar-refractivity contribution is 0.0551. The van der Waals surface area contributed by atoms with Gasteiger partial charge in [0.05, 0.1) is 13.2 Å². The molecule has 0 spiro atoms. The van der Waals surface area contributed by atoms with Crippen LogP contribution in [0.15, 0.2) is 0 Å². The molecule has 0 atom stereocenters. The monoisotopic (exact) mass is 180 g/mol. The summed E-state index contributed by atoms with van der Waals surface area (Å²) in [4.78, 5) is 1.51. The predicted octanol–water partition coefficient (Wildman–Crippen LogP) is -0.674. The second-order valence-electron chi connectivity index (χ2n) is 2.27. The van der Waals surface area contributed by atoms with Crippen molar-refractivity contribution in [2.75, 3.05) is 26.3 Å². The van der Waals surface area contributed by atoms with E-state index < -0.39 is 10.1 Å². The summed E-state index contributed by atoms with van der Waals surface area (Å²) in [6.07, 6.45) is 0. The Balaban J connectivity index is 2.36. The van der Waals surface area contributed by atoms with Gasteiger partial charge in [-0.2, -0.15) is 8.42 Å². The number of morpholine rings is 1. The summed E-state index contributed by atoms with van der Waals surface area (Å²) in [5.41, 5.74) is 0. The van der Waals surface area contributed by atoms with Gasteiger partial charge in [0.1, 0.15) is 0 Å². The van der Waals surface area contributed by atoms with Crippen LogP contribution in [-0.4, -0.2) is 44.2 Å². The molecule has 1 rings (SSSR count). The second kappa shape index (κ2) is 3.48. The van der Waals surface area contributed by atoms with Crippen LogP contribution in [0.2, 0.25) is 0 Å². The quantitative estimate of drug-likeness (QED) is 0.571. The lowest BCUT2D eigenvalue weighted by Crippen LogP contribution is -2.36. The first-order valence-corrected chi connectivity index (χ1v) is 4.72. The fraction of sp³-hybridized carbons (Fsp3) is 0.800. The van der Waals surface area contributed by atoms with Gasteiger partial charge in [0.15, 0.2) is 5.88 Å². The number of hydrogen-bond donors (Lipinski definition) is 1. The maximum Gasteiger partial charge on any atom is 0.284 e. The van der Waals surface area contributed by atoms with Crippen LogP contribution in [0.4, 0.5) is 0 Å². The molecule has 0 bridgehead atoms. The van der Waals surface area contributed by atoms with Gasteiger partial charge in [-0.3, -0.25) is 9.45 Å². The lowest BCUT2D eigenvalue weighted by Gasteiger charge is -2.24. The Labute approximate surface area is 65.7 Å². The molecule has 0 unspecified atom stereocenters. The van der Waals surface area contributed by atoms with Gasteiger partial charge in [-0.05, 0) is 0 Å². The molecule has 0 saturated carbocycles. The summed E-state index contributed by atoms with van der Waals surface area (Å²) in [7, 11) is -3.98. The van der Waals surface area contributed by atoms with Crippen molar-refractivity contribution in [2.24, 2.45) is 0 Å². The molecule has 1 aliphatic heterocycles. The molecule has 5 nitrogen and oxygen atoms in total. The Morgan fingerprint density at radius 2 is 1.91 bits per heavy atom. The summed E-state index contributed by atoms with van der Waals surface area (Å²) in [6, 6.07) is 0. The zero-order chi connectivity index (χ0) is 8.32. The van der Waals surface area contributed by atoms with Crippen LogP contribution in [0.5, 0.6) is 0 Å². The Morgan fingerprint density at radius 3 is 2.36 bits per heavy atom. The van der Waals surface area contributed by atoms with E-state index in [-0.39, 0.29) is 0 Å². The highest BCUT2D eigenvalue weighted by Gasteiger charge is 2.16. The lowest BCUT2D eigenvalue weighted by atomic mass is 10.5. The molecule has 1 radical (unpaired) electrons. The summed E-state index contributed by atoms with van der Waals surface area (Å²) >= 11 is 0. The highest BCUT2D eigenvalue weighted by Crippen LogP contribution is 2.02. The molecule has 1 saturated heterocycles. The van der Waals surface area contributed by atoms with Crippen molar-refractivity contribution in [3.63, 3.8) is 0 Å². The van der Waals surface area contributed by atoms with E-state index in [2.05, 4.69) is 0 Å². The third kappa shape index (κ3) is 3.66. The van der Waals surface area contributed by atoms with Crippen molar-refractivity contribution in [3.05, 3.63) is 5.88 Å². The smallest absolute Gasteiger partial charge is 0.284 e. The molecule has 1 aliphatic rings. The molecular formula is C5H10NO4S. The van der Waals surface area contributed by atoms with Crippen molar-refractivity contribution in [2.45, 2.75) is 0 Å². The van der Waals surface area contributed by atoms with Gasteiger partial charge in [0, 0.05) is 13.1 Å². The van der Waals surface area contributed by atoms with Crippen LogP contribution in [0, 0.1) is 5.88 Å². The first-order chi connectivity index (χ1) is 5.08. The molecule has 1 fully saturated rings. The Bertz CT molecular complexity index is 207. The van der Waals surface area contributed by atoms with Crippen LogP contribution in [0.1, 0.15) is 0 Å². The van der Waals surface area contributed by atoms with E-state index in [0.29, 0.717) is 26.3 Å². The van der Waals surface area contributed by atoms with Crippen molar-refractivity contribution >= 4 is 10.1 Å². The standard InChI is InChI=1S/C5H10NO4S/c7-11(8,9)5-6-1-3-10-4-2-6/h5H,1-4H2,(H,7,8,9). The van der Waals surface area contributed by atoms with E-state index in [1.165, 1.54) is 4.90 Å². The molecule has 0 amide bonds. The fourth-order valence-electron chi connectivity index (χ4n) is 0.871. The fourth-order valence-corrected chi connectivity index (χ4v) is 1.46. The van der Waals surface area contributed by atoms with Crippen molar-refractivity contribution < 1.29 is 17.7 Å². The Morgan fingerprint density at radius 1 is 1.36 bits per heavy atom. The van der Waals surface area contributed by atoms with Gasteiger partial charge in [0.25, 0.3) is 10.1 Å². The molecule has 6 heteroatoms. The zero-order valence-electron chi connectivity index (χ0n) is 5.93. The average Bonchev–Trinajstić information content (AvgIpc) is 1.85. The Kier molecular flexibility index (Phi) is 2.83. The van der Waals surface area contributed by atoms with Crippen LogP contribution >= 0.6 is 0 Å². The number of rotatable bonds is 2. The molecule has 65 valence electrons. The van der Waals surface area contributed by atoms with Crippen molar-refractivity contribution in [1.82, 2.24) is 4.90 Å². The highest BCUT2D eigenvalue weighted by molar-refractivity contribution is 7.87. The first kappa shape index (κ1) is 8.92. The van der Waals surface area contributed by atoms with E-state index in [9.17, 15) is 8.42 Å². The largest absolute Gasteiger partial charge is 0.379 e. The molecule has 0 aromatic carbocycles. The first-order valence-electron chi connectivity index (χ1n) is 3.22. The normalized spacial score (nSPS) is 21.9. The summed E-state index contributed by atoms with van der Waals surface area (Å²) in [5.74, 6) is 0.829. The summed E-state index contributed by atoms with van der Waals surface area (Å²) in [5, 5.41) is 0. The van der Waals surface area contributed by atoms with E-state index in [1.807, 2.05) is 0 Å². The van der Waals surface area contributed by atoms with Crippen molar-refractivity contribution in [1.29, 1.82) is 0 Å². The molecule has 1 N–H and O–H groups in total. The predicted molar refractivity (Wildman–Crippen MR) is 38.2 cm³/mol. The minimum atomic E-state index is -3.98. The SMILES string of the molecule is O=S(=O)(O)[CH]N1CCOCC1. The maximum atomic E-state index is 10.3. The van der Waals surface area contributed by atoms with Crippen LogP contribution in [0.25, 0.3) is 0 Å². The molecule has 0 aliphatic carbocycles. The summed E-state index contributed by atoms with van der Waals surface area (Å²) < 4.78 is 34.0. The maximum absolute atomic E-state index is 10.3. The van der Waals surface area contributed by atoms with E-state index in [0.717, 1.165) is 5.88 Å². The number of ether oxygens (including phenoxy) is 1. The van der Waals surface area contributed by atoms with Crippen molar-refractivity contribution in [3.8, 4) is 0 Å². The average molecular weight is 180 g/mol. The number of hydrogen-bond acceptors (Lipinski definition) is 4. The van der Waals surface area contributed by atoms with Crippen LogP contribution in [0.3, 0.4) is 0 Å². The van der Waals surface area contributed by atoms with Crippen LogP contribution in [-0.2, 0) is 14.9 Å². The van der Waals surface area contributed by atoms with Gasteiger partial charge >= 0.3 is 0 Å². The molecule has 11 heavy (non-hydrogen) atoms. The number of nitrogens with zero attached hydrogens (tertiary/aromatic N) is 1. The van der Waals surface area contributed by atoms with E-state index >= 15 is 0 Å². The van der Waals surface area contributed by atoms with Gasteiger partial charge in [0.2, 0.25) is 0 Å². The zero-order valence-corrected chi connectivity index (χ0v) is 6.75. The van der Waals surface area contributed by atoms with Gasteiger partial charge < -0.3 is 4.74 Å².